The topological polar surface area (TPSA) is 150 Å². The van der Waals surface area contributed by atoms with Gasteiger partial charge in [-0.3, -0.25) is 14.5 Å². The first-order valence-electron chi connectivity index (χ1n) is 14.3. The Bertz CT molecular complexity index is 1240. The number of aromatic nitrogens is 1. The van der Waals surface area contributed by atoms with Crippen molar-refractivity contribution in [3.8, 4) is 5.75 Å². The molecule has 2 aliphatic rings. The van der Waals surface area contributed by atoms with Gasteiger partial charge >= 0.3 is 6.03 Å². The van der Waals surface area contributed by atoms with E-state index in [1.165, 1.54) is 4.90 Å². The molecule has 0 aliphatic carbocycles. The van der Waals surface area contributed by atoms with Crippen molar-refractivity contribution < 1.29 is 33.5 Å². The Kier molecular flexibility index (Phi) is 10.4. The molecule has 2 aromatic rings. The zero-order valence-corrected chi connectivity index (χ0v) is 25.0. The number of morpholine rings is 1. The highest BCUT2D eigenvalue weighted by molar-refractivity contribution is 6.00. The van der Waals surface area contributed by atoms with E-state index >= 15 is 0 Å². The van der Waals surface area contributed by atoms with Crippen LogP contribution in [-0.4, -0.2) is 115 Å². The Morgan fingerprint density at radius 3 is 2.62 bits per heavy atom. The second-order valence-electron chi connectivity index (χ2n) is 11.1. The Morgan fingerprint density at radius 2 is 1.95 bits per heavy atom. The first kappa shape index (κ1) is 31.3. The normalized spacial score (nSPS) is 20.1. The summed E-state index contributed by atoms with van der Waals surface area (Å²) in [7, 11) is 1.66. The second-order valence-corrected chi connectivity index (χ2v) is 11.1. The van der Waals surface area contributed by atoms with Crippen LogP contribution in [-0.2, 0) is 9.53 Å². The van der Waals surface area contributed by atoms with E-state index in [2.05, 4.69) is 20.7 Å². The smallest absolute Gasteiger partial charge is 0.321 e. The van der Waals surface area contributed by atoms with Crippen LogP contribution >= 0.6 is 0 Å². The van der Waals surface area contributed by atoms with E-state index in [4.69, 9.17) is 14.0 Å². The molecule has 230 valence electrons. The maximum Gasteiger partial charge on any atom is 0.321 e. The first-order valence-corrected chi connectivity index (χ1v) is 14.3. The van der Waals surface area contributed by atoms with Crippen LogP contribution < -0.4 is 15.4 Å². The fourth-order valence-electron chi connectivity index (χ4n) is 5.04. The Balaban J connectivity index is 1.50. The minimum absolute atomic E-state index is 0.154. The molecular weight excluding hydrogens is 544 g/mol. The molecule has 0 bridgehead atoms. The second kappa shape index (κ2) is 14.0. The minimum atomic E-state index is -0.473. The van der Waals surface area contributed by atoms with Crippen LogP contribution in [0.15, 0.2) is 22.7 Å². The van der Waals surface area contributed by atoms with E-state index in [1.807, 2.05) is 6.92 Å². The molecule has 4 rings (SSSR count). The lowest BCUT2D eigenvalue weighted by molar-refractivity contribution is -0.116. The summed E-state index contributed by atoms with van der Waals surface area (Å²) < 4.78 is 16.9. The number of likely N-dealkylation sites (N-methyl/N-ethyl adjacent to an activating group) is 1. The fraction of sp³-hybridized carbons (Fsp3) is 0.586. The number of nitrogens with zero attached hydrogens (tertiary/aromatic N) is 4. The van der Waals surface area contributed by atoms with Gasteiger partial charge in [-0.25, -0.2) is 4.79 Å². The third-order valence-corrected chi connectivity index (χ3v) is 7.77. The molecule has 0 spiro atoms. The maximum atomic E-state index is 13.7. The number of nitrogens with one attached hydrogen (secondary N) is 2. The van der Waals surface area contributed by atoms with Crippen molar-refractivity contribution in [2.45, 2.75) is 46.3 Å². The van der Waals surface area contributed by atoms with Crippen molar-refractivity contribution >= 4 is 29.2 Å². The molecule has 0 unspecified atom stereocenters. The Hall–Kier alpha value is -3.68. The van der Waals surface area contributed by atoms with Crippen LogP contribution in [0.25, 0.3) is 0 Å². The van der Waals surface area contributed by atoms with Crippen LogP contribution in [0.1, 0.15) is 42.1 Å². The van der Waals surface area contributed by atoms with E-state index in [-0.39, 0.29) is 42.5 Å². The first-order chi connectivity index (χ1) is 20.1. The van der Waals surface area contributed by atoms with Crippen molar-refractivity contribution in [1.29, 1.82) is 0 Å². The summed E-state index contributed by atoms with van der Waals surface area (Å²) in [5.74, 6) is 0.224. The minimum Gasteiger partial charge on any atom is -0.487 e. The molecule has 13 heteroatoms. The van der Waals surface area contributed by atoms with Gasteiger partial charge in [0.05, 0.1) is 38.0 Å². The molecule has 0 saturated carbocycles. The summed E-state index contributed by atoms with van der Waals surface area (Å²) in [6.07, 6.45) is -0.156. The van der Waals surface area contributed by atoms with E-state index < -0.39 is 12.1 Å². The van der Waals surface area contributed by atoms with Gasteiger partial charge in [-0.15, -0.1) is 0 Å². The summed E-state index contributed by atoms with van der Waals surface area (Å²) in [4.78, 5) is 44.7. The van der Waals surface area contributed by atoms with E-state index in [0.717, 1.165) is 13.1 Å². The summed E-state index contributed by atoms with van der Waals surface area (Å²) in [5.41, 5.74) is 1.86. The summed E-state index contributed by atoms with van der Waals surface area (Å²) >= 11 is 0. The number of anilines is 2. The van der Waals surface area contributed by atoms with Crippen LogP contribution in [0.4, 0.5) is 16.2 Å². The van der Waals surface area contributed by atoms with Crippen molar-refractivity contribution in [3.05, 3.63) is 35.2 Å². The van der Waals surface area contributed by atoms with Crippen molar-refractivity contribution in [2.75, 3.05) is 70.2 Å². The largest absolute Gasteiger partial charge is 0.487 e. The molecule has 0 radical (unpaired) electrons. The Morgan fingerprint density at radius 1 is 1.21 bits per heavy atom. The fourth-order valence-corrected chi connectivity index (χ4v) is 5.04. The average Bonchev–Trinajstić information content (AvgIpc) is 3.30. The number of benzene rings is 1. The molecule has 13 nitrogen and oxygen atoms in total. The zero-order valence-electron chi connectivity index (χ0n) is 25.0. The van der Waals surface area contributed by atoms with E-state index in [9.17, 15) is 19.5 Å². The maximum absolute atomic E-state index is 13.7. The van der Waals surface area contributed by atoms with E-state index in [1.54, 1.807) is 50.9 Å². The number of ether oxygens (including phenoxy) is 2. The molecular formula is C29H42N6O7. The average molecular weight is 587 g/mol. The van der Waals surface area contributed by atoms with Gasteiger partial charge in [0.15, 0.2) is 5.76 Å². The van der Waals surface area contributed by atoms with Crippen molar-refractivity contribution in [1.82, 2.24) is 19.9 Å². The number of aliphatic hydroxyl groups is 1. The third-order valence-electron chi connectivity index (χ3n) is 7.77. The molecule has 3 heterocycles. The molecule has 3 atom stereocenters. The number of hydrogen-bond acceptors (Lipinski definition) is 9. The molecule has 1 aromatic heterocycles. The number of amides is 4. The highest BCUT2D eigenvalue weighted by Crippen LogP contribution is 2.31. The van der Waals surface area contributed by atoms with Crippen LogP contribution in [0.2, 0.25) is 0 Å². The summed E-state index contributed by atoms with van der Waals surface area (Å²) in [6, 6.07) is 4.19. The highest BCUT2D eigenvalue weighted by Gasteiger charge is 2.34. The quantitative estimate of drug-likeness (QED) is 0.402. The molecule has 1 saturated heterocycles. The van der Waals surface area contributed by atoms with Gasteiger partial charge in [-0.2, -0.15) is 0 Å². The van der Waals surface area contributed by atoms with Gasteiger partial charge in [0.1, 0.15) is 23.2 Å². The summed E-state index contributed by atoms with van der Waals surface area (Å²) in [5, 5.41) is 19.5. The monoisotopic (exact) mass is 586 g/mol. The van der Waals surface area contributed by atoms with Crippen molar-refractivity contribution in [2.24, 2.45) is 5.92 Å². The number of carbonyl (C=O) groups is 3. The van der Waals surface area contributed by atoms with Crippen LogP contribution in [0, 0.1) is 19.8 Å². The molecule has 42 heavy (non-hydrogen) atoms. The highest BCUT2D eigenvalue weighted by atomic mass is 16.5. The van der Waals surface area contributed by atoms with Crippen molar-refractivity contribution in [3.63, 3.8) is 0 Å². The molecule has 2 aliphatic heterocycles. The van der Waals surface area contributed by atoms with Gasteiger partial charge in [-0.1, -0.05) is 12.1 Å². The van der Waals surface area contributed by atoms with Gasteiger partial charge in [0, 0.05) is 51.3 Å². The molecule has 1 aromatic carbocycles. The number of carbonyl (C=O) groups excluding carboxylic acids is 3. The van der Waals surface area contributed by atoms with E-state index in [0.29, 0.717) is 61.3 Å². The lowest BCUT2D eigenvalue weighted by atomic mass is 9.99. The predicted octanol–water partition coefficient (Wildman–Crippen LogP) is 2.34. The molecule has 1 fully saturated rings. The number of aliphatic hydroxyl groups excluding tert-OH is 1. The standard InChI is InChI=1S/C29H42N6O7/c1-18-15-35(19(2)17-36)28(38)23-14-22(30-26(37)8-9-34-10-12-40-13-11-34)6-7-24(23)41-25(18)16-33(5)29(39)31-27-20(3)32-42-21(27)4/h6-7,14,18-19,25,36H,8-13,15-17H2,1-5H3,(H,30,37)(H,31,39)/t18-,19-,25+/m0/s1. The molecule has 3 N–H and O–H groups in total. The lowest BCUT2D eigenvalue weighted by Crippen LogP contribution is -2.50. The van der Waals surface area contributed by atoms with Gasteiger partial charge in [0.2, 0.25) is 5.91 Å². The SMILES string of the molecule is Cc1noc(C)c1NC(=O)N(C)C[C@H]1Oc2ccc(NC(=O)CCN3CCOCC3)cc2C(=O)N([C@@H](C)CO)C[C@@H]1C. The lowest BCUT2D eigenvalue weighted by Gasteiger charge is -2.38. The van der Waals surface area contributed by atoms with Gasteiger partial charge < -0.3 is 39.5 Å². The number of fused-ring (bicyclic) bond motifs is 1. The number of hydrogen-bond donors (Lipinski definition) is 3. The Labute approximate surface area is 246 Å². The third kappa shape index (κ3) is 7.58. The number of aryl methyl sites for hydroxylation is 2. The molecule has 4 amide bonds. The van der Waals surface area contributed by atoms with Crippen LogP contribution in [0.5, 0.6) is 5.75 Å². The van der Waals surface area contributed by atoms with Gasteiger partial charge in [0.25, 0.3) is 5.91 Å². The predicted molar refractivity (Wildman–Crippen MR) is 156 cm³/mol. The summed E-state index contributed by atoms with van der Waals surface area (Å²) in [6.45, 7) is 11.1. The van der Waals surface area contributed by atoms with Gasteiger partial charge in [-0.05, 0) is 39.0 Å². The number of rotatable bonds is 9. The zero-order chi connectivity index (χ0) is 30.4. The number of urea groups is 1. The van der Waals surface area contributed by atoms with Crippen LogP contribution in [0.3, 0.4) is 0 Å².